The van der Waals surface area contributed by atoms with Crippen LogP contribution < -0.4 is 14.9 Å². The fraction of sp³-hybridized carbons (Fsp3) is 0.345. The highest BCUT2D eigenvalue weighted by Crippen LogP contribution is 2.31. The van der Waals surface area contributed by atoms with Crippen LogP contribution in [0.4, 0.5) is 11.4 Å². The average Bonchev–Trinajstić information content (AvgIpc) is 2.93. The monoisotopic (exact) mass is 520 g/mol. The van der Waals surface area contributed by atoms with Crippen molar-refractivity contribution in [3.05, 3.63) is 89.5 Å². The Hall–Kier alpha value is -3.20. The number of nitrogens with zero attached hydrogens (tertiary/aromatic N) is 2. The minimum atomic E-state index is -3.90. The lowest BCUT2D eigenvalue weighted by atomic mass is 10.1. The maximum atomic E-state index is 13.7. The van der Waals surface area contributed by atoms with Gasteiger partial charge in [0.1, 0.15) is 4.90 Å². The van der Waals surface area contributed by atoms with Gasteiger partial charge in [-0.1, -0.05) is 56.3 Å². The minimum absolute atomic E-state index is 0.166. The molecular weight excluding hydrogens is 484 g/mol. The third-order valence-corrected chi connectivity index (χ3v) is 8.49. The van der Waals surface area contributed by atoms with Crippen molar-refractivity contribution in [2.45, 2.75) is 38.1 Å². The molecule has 0 aromatic heterocycles. The van der Waals surface area contributed by atoms with E-state index in [-0.39, 0.29) is 10.8 Å². The Kier molecular flexibility index (Phi) is 8.63. The molecule has 0 unspecified atom stereocenters. The molecule has 0 spiro atoms. The zero-order chi connectivity index (χ0) is 26.4. The number of hydrogen-bond donors (Lipinski definition) is 2. The molecule has 0 saturated carbocycles. The number of amides is 1. The summed E-state index contributed by atoms with van der Waals surface area (Å²) < 4.78 is 30.3. The lowest BCUT2D eigenvalue weighted by Gasteiger charge is -2.36. The van der Waals surface area contributed by atoms with Gasteiger partial charge in [-0.25, -0.2) is 13.1 Å². The molecule has 1 fully saturated rings. The average molecular weight is 521 g/mol. The van der Waals surface area contributed by atoms with Crippen molar-refractivity contribution in [3.63, 3.8) is 0 Å². The van der Waals surface area contributed by atoms with E-state index in [4.69, 9.17) is 0 Å². The van der Waals surface area contributed by atoms with Crippen LogP contribution in [-0.2, 0) is 16.4 Å². The first-order valence-corrected chi connectivity index (χ1v) is 14.4. The molecule has 1 atom stereocenters. The zero-order valence-corrected chi connectivity index (χ0v) is 22.6. The number of sulfonamides is 1. The van der Waals surface area contributed by atoms with Gasteiger partial charge >= 0.3 is 0 Å². The first-order valence-electron chi connectivity index (χ1n) is 12.9. The number of aryl methyl sites for hydroxylation is 1. The normalized spacial score (nSPS) is 15.4. The summed E-state index contributed by atoms with van der Waals surface area (Å²) in [4.78, 5) is 17.5. The lowest BCUT2D eigenvalue weighted by Crippen LogP contribution is -2.46. The molecule has 4 rings (SSSR count). The van der Waals surface area contributed by atoms with Gasteiger partial charge < -0.3 is 15.1 Å². The van der Waals surface area contributed by atoms with E-state index < -0.39 is 16.1 Å². The number of carbonyl (C=O) groups excluding carboxylic acids is 1. The largest absolute Gasteiger partial charge is 0.368 e. The van der Waals surface area contributed by atoms with Gasteiger partial charge in [-0.05, 0) is 61.3 Å². The number of hydrogen-bond acceptors (Lipinski definition) is 5. The molecule has 1 heterocycles. The second-order valence-electron chi connectivity index (χ2n) is 9.36. The third-order valence-electron chi connectivity index (χ3n) is 6.92. The molecule has 7 nitrogen and oxygen atoms in total. The third kappa shape index (κ3) is 6.57. The molecule has 8 heteroatoms. The molecule has 2 N–H and O–H groups in total. The van der Waals surface area contributed by atoms with Crippen LogP contribution in [0.5, 0.6) is 0 Å². The number of nitrogens with one attached hydrogen (secondary N) is 2. The van der Waals surface area contributed by atoms with E-state index in [9.17, 15) is 13.2 Å². The van der Waals surface area contributed by atoms with Gasteiger partial charge in [0.2, 0.25) is 10.0 Å². The van der Waals surface area contributed by atoms with Crippen LogP contribution in [-0.4, -0.2) is 51.9 Å². The molecular formula is C29H36N4O3S. The van der Waals surface area contributed by atoms with Crippen molar-refractivity contribution < 1.29 is 13.2 Å². The Morgan fingerprint density at radius 2 is 1.59 bits per heavy atom. The number of carbonyl (C=O) groups is 1. The summed E-state index contributed by atoms with van der Waals surface area (Å²) in [5.41, 5.74) is 3.64. The summed E-state index contributed by atoms with van der Waals surface area (Å²) in [6.07, 6.45) is 0.894. The van der Waals surface area contributed by atoms with Gasteiger partial charge in [0, 0.05) is 43.5 Å². The molecule has 0 radical (unpaired) electrons. The summed E-state index contributed by atoms with van der Waals surface area (Å²) in [7, 11) is -3.90. The van der Waals surface area contributed by atoms with Gasteiger partial charge in [0.25, 0.3) is 5.91 Å². The van der Waals surface area contributed by atoms with Crippen molar-refractivity contribution in [2.24, 2.45) is 0 Å². The fourth-order valence-corrected chi connectivity index (χ4v) is 6.06. The van der Waals surface area contributed by atoms with Gasteiger partial charge in [-0.15, -0.1) is 0 Å². The predicted octanol–water partition coefficient (Wildman–Crippen LogP) is 4.68. The second-order valence-corrected chi connectivity index (χ2v) is 11.0. The number of rotatable bonds is 9. The summed E-state index contributed by atoms with van der Waals surface area (Å²) >= 11 is 0. The summed E-state index contributed by atoms with van der Waals surface area (Å²) in [5.74, 6) is -0.277. The molecule has 3 aromatic rings. The highest BCUT2D eigenvalue weighted by atomic mass is 32.2. The van der Waals surface area contributed by atoms with Crippen LogP contribution in [0.2, 0.25) is 0 Å². The Labute approximate surface area is 220 Å². The first-order chi connectivity index (χ1) is 17.8. The molecule has 0 bridgehead atoms. The molecule has 37 heavy (non-hydrogen) atoms. The standard InChI is InChI=1S/C29H36N4O3S/c1-4-23-11-13-25(14-12-23)29(34)30-26-15-16-27(33-19-17-32(5-2)18-20-33)28(21-26)37(35,36)31-22(3)24-9-7-6-8-10-24/h6-16,21-22,31H,4-5,17-20H2,1-3H3,(H,30,34)/t22-/m0/s1. The number of likely N-dealkylation sites (N-methyl/N-ethyl adjacent to an activating group) is 1. The van der Waals surface area contributed by atoms with E-state index in [1.54, 1.807) is 30.3 Å². The maximum Gasteiger partial charge on any atom is 0.255 e. The van der Waals surface area contributed by atoms with Gasteiger partial charge in [-0.2, -0.15) is 0 Å². The quantitative estimate of drug-likeness (QED) is 0.428. The fourth-order valence-electron chi connectivity index (χ4n) is 4.57. The molecule has 3 aromatic carbocycles. The van der Waals surface area contributed by atoms with E-state index in [1.807, 2.05) is 49.4 Å². The van der Waals surface area contributed by atoms with Crippen LogP contribution in [0.15, 0.2) is 77.7 Å². The van der Waals surface area contributed by atoms with Crippen LogP contribution in [0.1, 0.15) is 48.3 Å². The second kappa shape index (κ2) is 11.9. The first kappa shape index (κ1) is 26.9. The van der Waals surface area contributed by atoms with Crippen molar-refractivity contribution in [2.75, 3.05) is 42.9 Å². The highest BCUT2D eigenvalue weighted by molar-refractivity contribution is 7.89. The van der Waals surface area contributed by atoms with E-state index in [1.165, 1.54) is 0 Å². The van der Waals surface area contributed by atoms with Crippen molar-refractivity contribution in [3.8, 4) is 0 Å². The summed E-state index contributed by atoms with van der Waals surface area (Å²) in [6.45, 7) is 10.2. The highest BCUT2D eigenvalue weighted by Gasteiger charge is 2.27. The van der Waals surface area contributed by atoms with Crippen molar-refractivity contribution in [1.82, 2.24) is 9.62 Å². The van der Waals surface area contributed by atoms with Gasteiger partial charge in [0.15, 0.2) is 0 Å². The van der Waals surface area contributed by atoms with Crippen LogP contribution >= 0.6 is 0 Å². The van der Waals surface area contributed by atoms with E-state index in [0.717, 1.165) is 50.3 Å². The molecule has 1 aliphatic rings. The Morgan fingerprint density at radius 1 is 0.919 bits per heavy atom. The predicted molar refractivity (Wildman–Crippen MR) is 150 cm³/mol. The number of anilines is 2. The molecule has 196 valence electrons. The van der Waals surface area contributed by atoms with Crippen LogP contribution in [0, 0.1) is 0 Å². The Balaban J connectivity index is 1.64. The summed E-state index contributed by atoms with van der Waals surface area (Å²) in [6, 6.07) is 21.7. The number of benzene rings is 3. The Morgan fingerprint density at radius 3 is 2.22 bits per heavy atom. The summed E-state index contributed by atoms with van der Waals surface area (Å²) in [5, 5.41) is 2.88. The lowest BCUT2D eigenvalue weighted by molar-refractivity contribution is 0.102. The van der Waals surface area contributed by atoms with Gasteiger partial charge in [-0.3, -0.25) is 4.79 Å². The molecule has 1 amide bonds. The van der Waals surface area contributed by atoms with E-state index >= 15 is 0 Å². The van der Waals surface area contributed by atoms with Crippen molar-refractivity contribution in [1.29, 1.82) is 0 Å². The SMILES string of the molecule is CCc1ccc(C(=O)Nc2ccc(N3CCN(CC)CC3)c(S(=O)(=O)N[C@@H](C)c3ccccc3)c2)cc1. The minimum Gasteiger partial charge on any atom is -0.368 e. The Bertz CT molecular complexity index is 1300. The molecule has 0 aliphatic carbocycles. The molecule has 1 saturated heterocycles. The van der Waals surface area contributed by atoms with E-state index in [0.29, 0.717) is 16.9 Å². The number of piperazine rings is 1. The maximum absolute atomic E-state index is 13.7. The molecule has 1 aliphatic heterocycles. The van der Waals surface area contributed by atoms with Crippen LogP contribution in [0.25, 0.3) is 0 Å². The van der Waals surface area contributed by atoms with Gasteiger partial charge in [0.05, 0.1) is 5.69 Å². The van der Waals surface area contributed by atoms with Crippen molar-refractivity contribution >= 4 is 27.3 Å². The van der Waals surface area contributed by atoms with Crippen LogP contribution in [0.3, 0.4) is 0 Å². The smallest absolute Gasteiger partial charge is 0.255 e. The van der Waals surface area contributed by atoms with E-state index in [2.05, 4.69) is 33.7 Å². The zero-order valence-electron chi connectivity index (χ0n) is 21.8. The topological polar surface area (TPSA) is 81.8 Å².